The lowest BCUT2D eigenvalue weighted by Crippen LogP contribution is -2.11. The molecule has 21 heavy (non-hydrogen) atoms. The number of alkyl halides is 3. The molecular formula is C13H8ClF3N4. The first-order valence-corrected chi connectivity index (χ1v) is 6.33. The average molecular weight is 313 g/mol. The van der Waals surface area contributed by atoms with Crippen LogP contribution in [-0.4, -0.2) is 26.1 Å². The fourth-order valence-electron chi connectivity index (χ4n) is 1.94. The summed E-state index contributed by atoms with van der Waals surface area (Å²) in [6.07, 6.45) is -3.67. The van der Waals surface area contributed by atoms with Crippen LogP contribution in [0.1, 0.15) is 5.56 Å². The maximum atomic E-state index is 12.3. The predicted molar refractivity (Wildman–Crippen MR) is 71.9 cm³/mol. The van der Waals surface area contributed by atoms with Gasteiger partial charge in [0, 0.05) is 5.56 Å². The van der Waals surface area contributed by atoms with Crippen molar-refractivity contribution < 1.29 is 13.2 Å². The van der Waals surface area contributed by atoms with Crippen molar-refractivity contribution in [1.82, 2.24) is 19.9 Å². The number of nitrogens with zero attached hydrogens (tertiary/aromatic N) is 3. The highest BCUT2D eigenvalue weighted by Gasteiger charge is 2.27. The second-order valence-corrected chi connectivity index (χ2v) is 4.79. The molecule has 0 saturated carbocycles. The van der Waals surface area contributed by atoms with Crippen LogP contribution in [0.4, 0.5) is 13.2 Å². The van der Waals surface area contributed by atoms with Gasteiger partial charge in [0.25, 0.3) is 0 Å². The van der Waals surface area contributed by atoms with E-state index in [1.807, 2.05) is 0 Å². The monoisotopic (exact) mass is 312 g/mol. The molecule has 0 aliphatic rings. The second-order valence-electron chi connectivity index (χ2n) is 4.45. The number of halogens is 4. The van der Waals surface area contributed by atoms with Crippen LogP contribution >= 0.6 is 11.6 Å². The Morgan fingerprint density at radius 1 is 1.10 bits per heavy atom. The van der Waals surface area contributed by atoms with Gasteiger partial charge in [0.2, 0.25) is 5.28 Å². The summed E-state index contributed by atoms with van der Waals surface area (Å²) < 4.78 is 36.9. The molecule has 0 fully saturated rings. The highest BCUT2D eigenvalue weighted by Crippen LogP contribution is 2.24. The molecule has 0 radical (unpaired) electrons. The maximum Gasteiger partial charge on any atom is 0.393 e. The smallest absolute Gasteiger partial charge is 0.335 e. The number of nitrogens with one attached hydrogen (secondary N) is 1. The fourth-order valence-corrected chi connectivity index (χ4v) is 2.06. The van der Waals surface area contributed by atoms with E-state index in [1.165, 1.54) is 18.3 Å². The lowest BCUT2D eigenvalue weighted by atomic mass is 10.1. The maximum absolute atomic E-state index is 12.3. The molecular weight excluding hydrogens is 305 g/mol. The zero-order valence-corrected chi connectivity index (χ0v) is 11.2. The SMILES string of the molecule is FC(F)(F)Cc1ccc(-c2nc3nc(Cl)ncc3[nH]2)cc1. The summed E-state index contributed by atoms with van der Waals surface area (Å²) >= 11 is 5.67. The van der Waals surface area contributed by atoms with Gasteiger partial charge in [-0.3, -0.25) is 0 Å². The third kappa shape index (κ3) is 3.13. The minimum atomic E-state index is -4.22. The van der Waals surface area contributed by atoms with Crippen molar-refractivity contribution in [3.8, 4) is 11.4 Å². The third-order valence-electron chi connectivity index (χ3n) is 2.84. The van der Waals surface area contributed by atoms with Gasteiger partial charge < -0.3 is 4.98 Å². The van der Waals surface area contributed by atoms with Crippen LogP contribution < -0.4 is 0 Å². The Bertz CT molecular complexity index is 780. The summed E-state index contributed by atoms with van der Waals surface area (Å²) in [7, 11) is 0. The topological polar surface area (TPSA) is 54.5 Å². The Morgan fingerprint density at radius 2 is 1.81 bits per heavy atom. The molecule has 0 atom stereocenters. The number of benzene rings is 1. The summed E-state index contributed by atoms with van der Waals surface area (Å²) in [5.41, 5.74) is 1.87. The average Bonchev–Trinajstić information content (AvgIpc) is 2.80. The molecule has 0 spiro atoms. The van der Waals surface area contributed by atoms with Crippen LogP contribution in [-0.2, 0) is 6.42 Å². The molecule has 0 aliphatic heterocycles. The molecule has 108 valence electrons. The molecule has 1 N–H and O–H groups in total. The highest BCUT2D eigenvalue weighted by atomic mass is 35.5. The summed E-state index contributed by atoms with van der Waals surface area (Å²) in [5.74, 6) is 0.500. The zero-order chi connectivity index (χ0) is 15.0. The molecule has 0 saturated heterocycles. The Morgan fingerprint density at radius 3 is 2.48 bits per heavy atom. The van der Waals surface area contributed by atoms with Gasteiger partial charge in [0.1, 0.15) is 11.3 Å². The summed E-state index contributed by atoms with van der Waals surface area (Å²) in [5, 5.41) is 0.0843. The van der Waals surface area contributed by atoms with Crippen molar-refractivity contribution in [2.45, 2.75) is 12.6 Å². The van der Waals surface area contributed by atoms with E-state index in [0.717, 1.165) is 0 Å². The zero-order valence-electron chi connectivity index (χ0n) is 10.4. The third-order valence-corrected chi connectivity index (χ3v) is 3.02. The Balaban J connectivity index is 1.91. The summed E-state index contributed by atoms with van der Waals surface area (Å²) in [4.78, 5) is 15.0. The predicted octanol–water partition coefficient (Wildman–Crippen LogP) is 3.78. The van der Waals surface area contributed by atoms with Crippen molar-refractivity contribution >= 4 is 22.8 Å². The van der Waals surface area contributed by atoms with Gasteiger partial charge in [0.05, 0.1) is 12.6 Å². The molecule has 2 heterocycles. The minimum Gasteiger partial charge on any atom is -0.335 e. The molecule has 1 aromatic carbocycles. The number of hydrogen-bond donors (Lipinski definition) is 1. The van der Waals surface area contributed by atoms with Crippen molar-refractivity contribution in [1.29, 1.82) is 0 Å². The number of aromatic nitrogens is 4. The van der Waals surface area contributed by atoms with Crippen molar-refractivity contribution in [2.24, 2.45) is 0 Å². The first-order valence-electron chi connectivity index (χ1n) is 5.95. The van der Waals surface area contributed by atoms with E-state index in [1.54, 1.807) is 12.1 Å². The number of H-pyrrole nitrogens is 1. The second kappa shape index (κ2) is 5.00. The lowest BCUT2D eigenvalue weighted by Gasteiger charge is -2.06. The lowest BCUT2D eigenvalue weighted by molar-refractivity contribution is -0.127. The van der Waals surface area contributed by atoms with Gasteiger partial charge in [-0.25, -0.2) is 9.97 Å². The molecule has 0 amide bonds. The van der Waals surface area contributed by atoms with Crippen LogP contribution in [0.25, 0.3) is 22.6 Å². The van der Waals surface area contributed by atoms with Crippen LogP contribution in [0, 0.1) is 0 Å². The standard InChI is InChI=1S/C13H8ClF3N4/c14-12-18-6-9-11(21-12)20-10(19-9)8-3-1-7(2-4-8)5-13(15,16)17/h1-4,6H,5H2,(H,18,19,20,21). The normalized spacial score (nSPS) is 12.0. The van der Waals surface area contributed by atoms with Gasteiger partial charge in [-0.15, -0.1) is 0 Å². The van der Waals surface area contributed by atoms with E-state index in [-0.39, 0.29) is 10.8 Å². The molecule has 3 aromatic rings. The number of imidazole rings is 1. The minimum absolute atomic E-state index is 0.0843. The van der Waals surface area contributed by atoms with E-state index in [2.05, 4.69) is 19.9 Å². The number of fused-ring (bicyclic) bond motifs is 1. The molecule has 3 rings (SSSR count). The number of aromatic amines is 1. The quantitative estimate of drug-likeness (QED) is 0.733. The number of rotatable bonds is 2. The van der Waals surface area contributed by atoms with Crippen LogP contribution in [0.2, 0.25) is 5.28 Å². The van der Waals surface area contributed by atoms with Gasteiger partial charge in [0.15, 0.2) is 5.65 Å². The summed E-state index contributed by atoms with van der Waals surface area (Å²) in [6, 6.07) is 6.00. The molecule has 0 aliphatic carbocycles. The first kappa shape index (κ1) is 13.8. The first-order chi connectivity index (χ1) is 9.90. The van der Waals surface area contributed by atoms with Crippen LogP contribution in [0.15, 0.2) is 30.5 Å². The van der Waals surface area contributed by atoms with Crippen molar-refractivity contribution in [3.05, 3.63) is 41.3 Å². The highest BCUT2D eigenvalue weighted by molar-refractivity contribution is 6.28. The summed E-state index contributed by atoms with van der Waals surface area (Å²) in [6.45, 7) is 0. The van der Waals surface area contributed by atoms with Gasteiger partial charge in [-0.2, -0.15) is 18.2 Å². The van der Waals surface area contributed by atoms with E-state index in [9.17, 15) is 13.2 Å². The van der Waals surface area contributed by atoms with Gasteiger partial charge >= 0.3 is 6.18 Å². The van der Waals surface area contributed by atoms with Gasteiger partial charge in [-0.05, 0) is 17.2 Å². The Kier molecular flexibility index (Phi) is 3.29. The van der Waals surface area contributed by atoms with Crippen LogP contribution in [0.5, 0.6) is 0 Å². The van der Waals surface area contributed by atoms with E-state index in [4.69, 9.17) is 11.6 Å². The van der Waals surface area contributed by atoms with E-state index < -0.39 is 12.6 Å². The fraction of sp³-hybridized carbons (Fsp3) is 0.154. The molecule has 0 bridgehead atoms. The largest absolute Gasteiger partial charge is 0.393 e. The van der Waals surface area contributed by atoms with Crippen molar-refractivity contribution in [2.75, 3.05) is 0 Å². The van der Waals surface area contributed by atoms with E-state index >= 15 is 0 Å². The molecule has 0 unspecified atom stereocenters. The Labute approximate surface area is 122 Å². The molecule has 2 aromatic heterocycles. The van der Waals surface area contributed by atoms with Crippen molar-refractivity contribution in [3.63, 3.8) is 0 Å². The van der Waals surface area contributed by atoms with E-state index in [0.29, 0.717) is 22.6 Å². The molecule has 8 heteroatoms. The van der Waals surface area contributed by atoms with Gasteiger partial charge in [-0.1, -0.05) is 24.3 Å². The molecule has 4 nitrogen and oxygen atoms in total. The number of hydrogen-bond acceptors (Lipinski definition) is 3. The Hall–Kier alpha value is -2.15. The van der Waals surface area contributed by atoms with Crippen LogP contribution in [0.3, 0.4) is 0 Å².